The van der Waals surface area contributed by atoms with Crippen molar-refractivity contribution >= 4 is 5.84 Å². The molecule has 0 spiro atoms. The molecule has 2 heterocycles. The van der Waals surface area contributed by atoms with Gasteiger partial charge < -0.3 is 25.5 Å². The SMILES string of the molecule is CC[C@H](CO)NC1N=C(N(C)Cc2ccccc2)C2=C(N1)N(C1CCCC1)CN2. The molecule has 1 aromatic carbocycles. The lowest BCUT2D eigenvalue weighted by molar-refractivity contribution is 0.207. The molecule has 7 nitrogen and oxygen atoms in total. The maximum Gasteiger partial charge on any atom is 0.177 e. The number of aliphatic imine (C=N–C) groups is 1. The second-order valence-electron chi connectivity index (χ2n) is 8.26. The van der Waals surface area contributed by atoms with Gasteiger partial charge in [-0.25, -0.2) is 4.99 Å². The first-order chi connectivity index (χ1) is 14.2. The van der Waals surface area contributed by atoms with Gasteiger partial charge in [0.05, 0.1) is 13.3 Å². The van der Waals surface area contributed by atoms with Crippen molar-refractivity contribution in [3.8, 4) is 0 Å². The summed E-state index contributed by atoms with van der Waals surface area (Å²) in [6, 6.07) is 11.1. The van der Waals surface area contributed by atoms with Gasteiger partial charge in [0, 0.05) is 25.7 Å². The van der Waals surface area contributed by atoms with E-state index >= 15 is 0 Å². The first kappa shape index (κ1) is 20.0. The van der Waals surface area contributed by atoms with E-state index in [9.17, 15) is 5.11 Å². The van der Waals surface area contributed by atoms with Crippen molar-refractivity contribution in [2.45, 2.75) is 63.9 Å². The van der Waals surface area contributed by atoms with E-state index in [1.54, 1.807) is 0 Å². The summed E-state index contributed by atoms with van der Waals surface area (Å²) in [6.45, 7) is 3.81. The third-order valence-corrected chi connectivity index (χ3v) is 6.19. The summed E-state index contributed by atoms with van der Waals surface area (Å²) in [4.78, 5) is 9.67. The van der Waals surface area contributed by atoms with Crippen molar-refractivity contribution < 1.29 is 5.11 Å². The zero-order chi connectivity index (χ0) is 20.2. The Hall–Kier alpha value is -2.25. The molecule has 4 N–H and O–H groups in total. The summed E-state index contributed by atoms with van der Waals surface area (Å²) in [7, 11) is 2.10. The van der Waals surface area contributed by atoms with Gasteiger partial charge in [0.15, 0.2) is 12.1 Å². The molecular weight excluding hydrogens is 364 g/mol. The maximum atomic E-state index is 9.65. The third kappa shape index (κ3) is 4.36. The number of benzene rings is 1. The van der Waals surface area contributed by atoms with Crippen LogP contribution >= 0.6 is 0 Å². The summed E-state index contributed by atoms with van der Waals surface area (Å²) in [5.74, 6) is 2.11. The van der Waals surface area contributed by atoms with Crippen LogP contribution in [0.1, 0.15) is 44.6 Å². The monoisotopic (exact) mass is 398 g/mol. The second kappa shape index (κ2) is 9.05. The molecule has 0 saturated heterocycles. The molecule has 29 heavy (non-hydrogen) atoms. The minimum Gasteiger partial charge on any atom is -0.395 e. The van der Waals surface area contributed by atoms with Crippen LogP contribution in [0.5, 0.6) is 0 Å². The van der Waals surface area contributed by atoms with Gasteiger partial charge in [-0.2, -0.15) is 0 Å². The zero-order valence-electron chi connectivity index (χ0n) is 17.6. The minimum absolute atomic E-state index is 0.0216. The number of aliphatic hydroxyl groups is 1. The normalized spacial score (nSPS) is 22.8. The third-order valence-electron chi connectivity index (χ3n) is 6.19. The van der Waals surface area contributed by atoms with Crippen molar-refractivity contribution in [3.63, 3.8) is 0 Å². The Balaban J connectivity index is 1.59. The average molecular weight is 399 g/mol. The molecule has 158 valence electrons. The number of nitrogens with zero attached hydrogens (tertiary/aromatic N) is 3. The van der Waals surface area contributed by atoms with E-state index in [1.807, 2.05) is 6.07 Å². The maximum absolute atomic E-state index is 9.65. The number of hydrogen-bond donors (Lipinski definition) is 4. The molecule has 1 saturated carbocycles. The van der Waals surface area contributed by atoms with E-state index < -0.39 is 0 Å². The Morgan fingerprint density at radius 3 is 2.72 bits per heavy atom. The molecule has 2 aliphatic heterocycles. The number of nitrogens with one attached hydrogen (secondary N) is 3. The van der Waals surface area contributed by atoms with Gasteiger partial charge >= 0.3 is 0 Å². The van der Waals surface area contributed by atoms with Crippen LogP contribution in [-0.4, -0.2) is 59.4 Å². The molecule has 1 aliphatic carbocycles. The van der Waals surface area contributed by atoms with Crippen LogP contribution < -0.4 is 16.0 Å². The molecule has 0 radical (unpaired) electrons. The highest BCUT2D eigenvalue weighted by Crippen LogP contribution is 2.30. The molecule has 4 rings (SSSR count). The molecule has 1 fully saturated rings. The van der Waals surface area contributed by atoms with Crippen molar-refractivity contribution in [2.24, 2.45) is 4.99 Å². The molecule has 1 unspecified atom stereocenters. The fourth-order valence-electron chi connectivity index (χ4n) is 4.51. The van der Waals surface area contributed by atoms with Crippen LogP contribution in [-0.2, 0) is 6.54 Å². The fraction of sp³-hybridized carbons (Fsp3) is 0.591. The van der Waals surface area contributed by atoms with Crippen LogP contribution in [0.15, 0.2) is 46.8 Å². The van der Waals surface area contributed by atoms with Gasteiger partial charge in [0.25, 0.3) is 0 Å². The zero-order valence-corrected chi connectivity index (χ0v) is 17.6. The predicted molar refractivity (Wildman–Crippen MR) is 116 cm³/mol. The molecule has 1 aromatic rings. The smallest absolute Gasteiger partial charge is 0.177 e. The van der Waals surface area contributed by atoms with Gasteiger partial charge in [-0.15, -0.1) is 0 Å². The second-order valence-corrected chi connectivity index (χ2v) is 8.26. The van der Waals surface area contributed by atoms with Gasteiger partial charge in [-0.3, -0.25) is 5.32 Å². The van der Waals surface area contributed by atoms with Crippen LogP contribution in [0.25, 0.3) is 0 Å². The molecule has 2 atom stereocenters. The van der Waals surface area contributed by atoms with E-state index in [2.05, 4.69) is 64.0 Å². The highest BCUT2D eigenvalue weighted by molar-refractivity contribution is 5.99. The Bertz CT molecular complexity index is 739. The minimum atomic E-state index is -0.247. The van der Waals surface area contributed by atoms with Crippen LogP contribution in [0.4, 0.5) is 0 Å². The van der Waals surface area contributed by atoms with E-state index in [0.29, 0.717) is 6.04 Å². The molecule has 0 amide bonds. The van der Waals surface area contributed by atoms with Crippen LogP contribution in [0.3, 0.4) is 0 Å². The summed E-state index contributed by atoms with van der Waals surface area (Å²) in [6.07, 6.45) is 5.72. The van der Waals surface area contributed by atoms with Gasteiger partial charge in [-0.1, -0.05) is 50.1 Å². The molecule has 7 heteroatoms. The molecule has 0 bridgehead atoms. The van der Waals surface area contributed by atoms with Crippen LogP contribution in [0.2, 0.25) is 0 Å². The Labute approximate surface area is 173 Å². The first-order valence-electron chi connectivity index (χ1n) is 10.9. The Morgan fingerprint density at radius 1 is 1.28 bits per heavy atom. The van der Waals surface area contributed by atoms with E-state index in [0.717, 1.165) is 37.0 Å². The Morgan fingerprint density at radius 2 is 2.03 bits per heavy atom. The van der Waals surface area contributed by atoms with Gasteiger partial charge in [0.1, 0.15) is 11.5 Å². The van der Waals surface area contributed by atoms with Crippen LogP contribution in [0, 0.1) is 0 Å². The van der Waals surface area contributed by atoms with E-state index in [-0.39, 0.29) is 18.9 Å². The fourth-order valence-corrected chi connectivity index (χ4v) is 4.51. The summed E-state index contributed by atoms with van der Waals surface area (Å²) in [5, 5.41) is 20.3. The van der Waals surface area contributed by atoms with Crippen molar-refractivity contribution in [3.05, 3.63) is 47.4 Å². The lowest BCUT2D eigenvalue weighted by atomic mass is 10.2. The van der Waals surface area contributed by atoms with E-state index in [1.165, 1.54) is 31.2 Å². The molecular formula is C22H34N6O. The number of rotatable bonds is 7. The van der Waals surface area contributed by atoms with Crippen molar-refractivity contribution in [2.75, 3.05) is 20.3 Å². The average Bonchev–Trinajstić information content (AvgIpc) is 3.41. The molecule has 0 aromatic heterocycles. The topological polar surface area (TPSA) is 75.2 Å². The number of likely N-dealkylation sites (N-methyl/N-ethyl adjacent to an activating group) is 1. The van der Waals surface area contributed by atoms with Crippen molar-refractivity contribution in [1.29, 1.82) is 0 Å². The highest BCUT2D eigenvalue weighted by atomic mass is 16.3. The summed E-state index contributed by atoms with van der Waals surface area (Å²) < 4.78 is 0. The highest BCUT2D eigenvalue weighted by Gasteiger charge is 2.37. The van der Waals surface area contributed by atoms with Gasteiger partial charge in [-0.05, 0) is 24.8 Å². The lowest BCUT2D eigenvalue weighted by Gasteiger charge is -2.35. The molecule has 3 aliphatic rings. The summed E-state index contributed by atoms with van der Waals surface area (Å²) >= 11 is 0. The first-order valence-corrected chi connectivity index (χ1v) is 10.9. The number of amidine groups is 1. The van der Waals surface area contributed by atoms with Gasteiger partial charge in [0.2, 0.25) is 0 Å². The quantitative estimate of drug-likeness (QED) is 0.561. The predicted octanol–water partition coefficient (Wildman–Crippen LogP) is 1.74. The number of aliphatic hydroxyl groups excluding tert-OH is 1. The summed E-state index contributed by atoms with van der Waals surface area (Å²) in [5.41, 5.74) is 2.35. The van der Waals surface area contributed by atoms with Crippen molar-refractivity contribution in [1.82, 2.24) is 25.8 Å². The lowest BCUT2D eigenvalue weighted by Crippen LogP contribution is -2.53. The standard InChI is InChI=1S/C22H34N6O/c1-3-17(14-29)24-22-25-20(27(2)13-16-9-5-4-6-10-16)19-21(26-22)28(15-23-19)18-11-7-8-12-18/h4-6,9-10,17-18,22-24,26,29H,3,7-8,11-15H2,1-2H3/t17-,22?/m1/s1. The largest absolute Gasteiger partial charge is 0.395 e. The number of hydrogen-bond acceptors (Lipinski definition) is 7. The van der Waals surface area contributed by atoms with E-state index in [4.69, 9.17) is 4.99 Å². The Kier molecular flexibility index (Phi) is 6.25.